The number of aliphatic hydroxyl groups excluding tert-OH is 1. The maximum Gasteiger partial charge on any atom is 0.390 e. The van der Waals surface area contributed by atoms with Crippen molar-refractivity contribution < 1.29 is 31.4 Å². The van der Waals surface area contributed by atoms with E-state index in [-0.39, 0.29) is 13.2 Å². The number of halogens is 6. The summed E-state index contributed by atoms with van der Waals surface area (Å²) in [6.07, 6.45) is -8.34. The third-order valence-electron chi connectivity index (χ3n) is 2.81. The monoisotopic (exact) mass is 309 g/mol. The standard InChI is InChI=1S/C12H21F6NO/c13-11(14,15)5-8-19(9-6-12(16,17)18)7-3-1-2-4-10-20/h20H,1-10H2. The Kier molecular flexibility index (Phi) is 9.20. The first-order valence-corrected chi connectivity index (χ1v) is 6.61. The van der Waals surface area contributed by atoms with E-state index < -0.39 is 38.3 Å². The van der Waals surface area contributed by atoms with Crippen molar-refractivity contribution in [1.82, 2.24) is 4.90 Å². The summed E-state index contributed by atoms with van der Waals surface area (Å²) in [7, 11) is 0. The van der Waals surface area contributed by atoms with Crippen LogP contribution in [0.5, 0.6) is 0 Å². The van der Waals surface area contributed by atoms with Gasteiger partial charge in [-0.15, -0.1) is 0 Å². The lowest BCUT2D eigenvalue weighted by Gasteiger charge is -2.23. The van der Waals surface area contributed by atoms with E-state index in [0.717, 1.165) is 6.42 Å². The van der Waals surface area contributed by atoms with E-state index in [0.29, 0.717) is 19.3 Å². The molecule has 0 spiro atoms. The van der Waals surface area contributed by atoms with Gasteiger partial charge in [0.25, 0.3) is 0 Å². The van der Waals surface area contributed by atoms with Crippen LogP contribution in [0.2, 0.25) is 0 Å². The number of rotatable bonds is 10. The van der Waals surface area contributed by atoms with E-state index in [1.54, 1.807) is 0 Å². The second-order valence-electron chi connectivity index (χ2n) is 4.71. The maximum absolute atomic E-state index is 12.1. The lowest BCUT2D eigenvalue weighted by atomic mass is 10.2. The Balaban J connectivity index is 4.04. The van der Waals surface area contributed by atoms with Crippen molar-refractivity contribution >= 4 is 0 Å². The van der Waals surface area contributed by atoms with Gasteiger partial charge in [-0.1, -0.05) is 12.8 Å². The fourth-order valence-corrected chi connectivity index (χ4v) is 1.71. The third kappa shape index (κ3) is 13.9. The van der Waals surface area contributed by atoms with E-state index in [4.69, 9.17) is 5.11 Å². The van der Waals surface area contributed by atoms with E-state index in [1.165, 1.54) is 4.90 Å². The van der Waals surface area contributed by atoms with Crippen molar-refractivity contribution in [1.29, 1.82) is 0 Å². The zero-order valence-corrected chi connectivity index (χ0v) is 11.2. The van der Waals surface area contributed by atoms with E-state index >= 15 is 0 Å². The Labute approximate surface area is 114 Å². The van der Waals surface area contributed by atoms with E-state index in [1.807, 2.05) is 0 Å². The molecule has 122 valence electrons. The first-order chi connectivity index (χ1) is 9.14. The van der Waals surface area contributed by atoms with Gasteiger partial charge in [0.15, 0.2) is 0 Å². The number of alkyl halides is 6. The molecule has 0 rings (SSSR count). The number of aliphatic hydroxyl groups is 1. The molecule has 0 saturated carbocycles. The number of hydrogen-bond donors (Lipinski definition) is 1. The van der Waals surface area contributed by atoms with Crippen molar-refractivity contribution in [3.8, 4) is 0 Å². The molecule has 0 atom stereocenters. The van der Waals surface area contributed by atoms with Crippen molar-refractivity contribution in [2.75, 3.05) is 26.2 Å². The summed E-state index contributed by atoms with van der Waals surface area (Å²) < 4.78 is 72.6. The molecule has 0 fully saturated rings. The van der Waals surface area contributed by atoms with Crippen LogP contribution in [0.25, 0.3) is 0 Å². The molecule has 0 aliphatic heterocycles. The Morgan fingerprint density at radius 1 is 0.650 bits per heavy atom. The molecule has 20 heavy (non-hydrogen) atoms. The second-order valence-corrected chi connectivity index (χ2v) is 4.71. The summed E-state index contributed by atoms with van der Waals surface area (Å²) in [6, 6.07) is 0. The molecule has 0 unspecified atom stereocenters. The SMILES string of the molecule is OCCCCCCN(CCC(F)(F)F)CCC(F)(F)F. The molecule has 0 aliphatic carbocycles. The van der Waals surface area contributed by atoms with Crippen LogP contribution in [-0.4, -0.2) is 48.6 Å². The molecule has 0 aromatic carbocycles. The van der Waals surface area contributed by atoms with E-state index in [9.17, 15) is 26.3 Å². The summed E-state index contributed by atoms with van der Waals surface area (Å²) in [5.41, 5.74) is 0. The zero-order chi connectivity index (χ0) is 15.6. The smallest absolute Gasteiger partial charge is 0.390 e. The predicted octanol–water partition coefficient (Wildman–Crippen LogP) is 3.75. The average Bonchev–Trinajstić information content (AvgIpc) is 2.29. The quantitative estimate of drug-likeness (QED) is 0.491. The van der Waals surface area contributed by atoms with Crippen LogP contribution in [0.4, 0.5) is 26.3 Å². The Morgan fingerprint density at radius 3 is 1.50 bits per heavy atom. The van der Waals surface area contributed by atoms with Crippen molar-refractivity contribution in [2.24, 2.45) is 0 Å². The molecule has 0 amide bonds. The van der Waals surface area contributed by atoms with Crippen LogP contribution >= 0.6 is 0 Å². The molecule has 1 N–H and O–H groups in total. The van der Waals surface area contributed by atoms with Gasteiger partial charge in [0.2, 0.25) is 0 Å². The zero-order valence-electron chi connectivity index (χ0n) is 11.2. The summed E-state index contributed by atoms with van der Waals surface area (Å²) in [4.78, 5) is 1.21. The van der Waals surface area contributed by atoms with Crippen LogP contribution in [-0.2, 0) is 0 Å². The van der Waals surface area contributed by atoms with Gasteiger partial charge >= 0.3 is 12.4 Å². The lowest BCUT2D eigenvalue weighted by molar-refractivity contribution is -0.145. The molecular weight excluding hydrogens is 288 g/mol. The molecule has 0 radical (unpaired) electrons. The molecule has 0 aliphatic rings. The maximum atomic E-state index is 12.1. The molecule has 2 nitrogen and oxygen atoms in total. The van der Waals surface area contributed by atoms with Crippen LogP contribution in [0, 0.1) is 0 Å². The largest absolute Gasteiger partial charge is 0.396 e. The fourth-order valence-electron chi connectivity index (χ4n) is 1.71. The first kappa shape index (κ1) is 19.5. The van der Waals surface area contributed by atoms with Gasteiger partial charge in [-0.2, -0.15) is 26.3 Å². The average molecular weight is 309 g/mol. The van der Waals surface area contributed by atoms with Crippen LogP contribution < -0.4 is 0 Å². The second kappa shape index (κ2) is 9.44. The summed E-state index contributed by atoms with van der Waals surface area (Å²) in [5.74, 6) is 0. The predicted molar refractivity (Wildman–Crippen MR) is 63.3 cm³/mol. The van der Waals surface area contributed by atoms with Crippen LogP contribution in [0.3, 0.4) is 0 Å². The van der Waals surface area contributed by atoms with Gasteiger partial charge in [-0.25, -0.2) is 0 Å². The van der Waals surface area contributed by atoms with Crippen LogP contribution in [0.15, 0.2) is 0 Å². The molecule has 0 aromatic heterocycles. The third-order valence-corrected chi connectivity index (χ3v) is 2.81. The molecule has 0 aromatic rings. The fraction of sp³-hybridized carbons (Fsp3) is 1.00. The van der Waals surface area contributed by atoms with Crippen LogP contribution in [0.1, 0.15) is 38.5 Å². The summed E-state index contributed by atoms with van der Waals surface area (Å²) in [6.45, 7) is -0.539. The minimum absolute atomic E-state index is 0.0475. The molecule has 8 heteroatoms. The van der Waals surface area contributed by atoms with Crippen molar-refractivity contribution in [3.05, 3.63) is 0 Å². The first-order valence-electron chi connectivity index (χ1n) is 6.61. The molecule has 0 heterocycles. The Bertz CT molecular complexity index is 223. The highest BCUT2D eigenvalue weighted by Gasteiger charge is 2.30. The minimum atomic E-state index is -4.35. The number of hydrogen-bond acceptors (Lipinski definition) is 2. The molecule has 0 bridgehead atoms. The van der Waals surface area contributed by atoms with Crippen molar-refractivity contribution in [3.63, 3.8) is 0 Å². The number of unbranched alkanes of at least 4 members (excludes halogenated alkanes) is 3. The molecule has 0 saturated heterocycles. The van der Waals surface area contributed by atoms with Gasteiger partial charge in [0.1, 0.15) is 0 Å². The van der Waals surface area contributed by atoms with E-state index in [2.05, 4.69) is 0 Å². The van der Waals surface area contributed by atoms with Gasteiger partial charge in [0.05, 0.1) is 12.8 Å². The lowest BCUT2D eigenvalue weighted by Crippen LogP contribution is -2.32. The van der Waals surface area contributed by atoms with Gasteiger partial charge in [-0.05, 0) is 19.4 Å². The number of nitrogens with zero attached hydrogens (tertiary/aromatic N) is 1. The highest BCUT2D eigenvalue weighted by Crippen LogP contribution is 2.22. The Hall–Kier alpha value is -0.500. The summed E-state index contributed by atoms with van der Waals surface area (Å²) in [5, 5.41) is 8.56. The van der Waals surface area contributed by atoms with Crippen molar-refractivity contribution in [2.45, 2.75) is 50.9 Å². The Morgan fingerprint density at radius 2 is 1.10 bits per heavy atom. The van der Waals surface area contributed by atoms with Gasteiger partial charge < -0.3 is 10.0 Å². The minimum Gasteiger partial charge on any atom is -0.396 e. The topological polar surface area (TPSA) is 23.5 Å². The van der Waals surface area contributed by atoms with Gasteiger partial charge in [-0.3, -0.25) is 0 Å². The molecular formula is C12H21F6NO. The summed E-state index contributed by atoms with van der Waals surface area (Å²) >= 11 is 0. The highest BCUT2D eigenvalue weighted by atomic mass is 19.4. The highest BCUT2D eigenvalue weighted by molar-refractivity contribution is 4.64. The van der Waals surface area contributed by atoms with Gasteiger partial charge in [0, 0.05) is 19.7 Å². The normalized spacial score (nSPS) is 13.2.